The molecule has 1 saturated heterocycles. The van der Waals surface area contributed by atoms with E-state index in [2.05, 4.69) is 15.6 Å². The first-order chi connectivity index (χ1) is 18.7. The molecular weight excluding hydrogens is 520 g/mol. The number of Topliss-reactive ketones (excluding diaryl/α,β-unsaturated/α-hetero) is 1. The molecule has 2 amide bonds. The molecular formula is C28H32N4O6S. The molecule has 0 radical (unpaired) electrons. The molecule has 5 rings (SSSR count). The number of pyridine rings is 1. The maximum Gasteiger partial charge on any atom is 0.287 e. The molecule has 206 valence electrons. The Morgan fingerprint density at radius 1 is 1.05 bits per heavy atom. The van der Waals surface area contributed by atoms with Crippen molar-refractivity contribution < 1.29 is 27.2 Å². The Kier molecular flexibility index (Phi) is 7.55. The zero-order valence-corrected chi connectivity index (χ0v) is 22.6. The molecule has 1 aromatic carbocycles. The highest BCUT2D eigenvalue weighted by atomic mass is 32.2. The number of hydrogen-bond donors (Lipinski definition) is 2. The van der Waals surface area contributed by atoms with Gasteiger partial charge in [-0.2, -0.15) is 4.31 Å². The highest BCUT2D eigenvalue weighted by Gasteiger charge is 2.44. The third-order valence-electron chi connectivity index (χ3n) is 7.73. The van der Waals surface area contributed by atoms with Crippen LogP contribution in [0.3, 0.4) is 0 Å². The molecule has 2 aliphatic rings. The number of fused-ring (bicyclic) bond motifs is 1. The number of aromatic nitrogens is 1. The van der Waals surface area contributed by atoms with Crippen molar-refractivity contribution in [1.82, 2.24) is 19.9 Å². The van der Waals surface area contributed by atoms with Crippen LogP contribution in [0.15, 0.2) is 64.2 Å². The predicted molar refractivity (Wildman–Crippen MR) is 143 cm³/mol. The zero-order chi connectivity index (χ0) is 27.6. The van der Waals surface area contributed by atoms with E-state index in [0.29, 0.717) is 24.8 Å². The fourth-order valence-electron chi connectivity index (χ4n) is 5.46. The summed E-state index contributed by atoms with van der Waals surface area (Å²) in [6.45, 7) is 1.37. The first kappa shape index (κ1) is 27.0. The van der Waals surface area contributed by atoms with Crippen molar-refractivity contribution in [2.45, 2.75) is 74.5 Å². The van der Waals surface area contributed by atoms with Gasteiger partial charge in [-0.05, 0) is 56.9 Å². The van der Waals surface area contributed by atoms with Crippen LogP contribution in [0.1, 0.15) is 62.4 Å². The summed E-state index contributed by atoms with van der Waals surface area (Å²) in [4.78, 5) is 44.2. The van der Waals surface area contributed by atoms with E-state index in [9.17, 15) is 22.8 Å². The summed E-state index contributed by atoms with van der Waals surface area (Å²) in [5.41, 5.74) is -0.611. The number of carbonyl (C=O) groups is 3. The summed E-state index contributed by atoms with van der Waals surface area (Å²) >= 11 is 0. The summed E-state index contributed by atoms with van der Waals surface area (Å²) in [6, 6.07) is 12.2. The minimum Gasteiger partial charge on any atom is -0.451 e. The smallest absolute Gasteiger partial charge is 0.287 e. The highest BCUT2D eigenvalue weighted by molar-refractivity contribution is 7.89. The second-order valence-electron chi connectivity index (χ2n) is 10.4. The Hall–Kier alpha value is -3.57. The molecule has 2 atom stereocenters. The monoisotopic (exact) mass is 552 g/mol. The van der Waals surface area contributed by atoms with E-state index >= 15 is 0 Å². The van der Waals surface area contributed by atoms with Crippen molar-refractivity contribution in [2.24, 2.45) is 0 Å². The standard InChI is InChI=1S/C28H32N4O6S/c1-19-12-13-21(22(33)18-32(19)39(36,37)25-11-5-8-16-29-25)30-27(35)28(14-6-2-7-15-28)31-26(34)24-17-20-9-3-4-10-23(20)38-24/h3-5,8-11,16-17,19,21H,2,6-7,12-15,18H2,1H3,(H,30,35)(H,31,34)/t19-,21+/m1/s1. The first-order valence-corrected chi connectivity index (χ1v) is 14.7. The van der Waals surface area contributed by atoms with E-state index < -0.39 is 45.2 Å². The lowest BCUT2D eigenvalue weighted by Crippen LogP contribution is -2.62. The van der Waals surface area contributed by atoms with Crippen molar-refractivity contribution in [2.75, 3.05) is 6.54 Å². The topological polar surface area (TPSA) is 139 Å². The normalized spacial score (nSPS) is 22.2. The second kappa shape index (κ2) is 10.9. The molecule has 3 aromatic rings. The molecule has 39 heavy (non-hydrogen) atoms. The van der Waals surface area contributed by atoms with Crippen molar-refractivity contribution in [1.29, 1.82) is 0 Å². The summed E-state index contributed by atoms with van der Waals surface area (Å²) in [7, 11) is -3.99. The van der Waals surface area contributed by atoms with Crippen LogP contribution in [0, 0.1) is 0 Å². The maximum atomic E-state index is 13.7. The van der Waals surface area contributed by atoms with Crippen LogP contribution in [0.5, 0.6) is 0 Å². The van der Waals surface area contributed by atoms with Crippen molar-refractivity contribution in [3.8, 4) is 0 Å². The van der Waals surface area contributed by atoms with Gasteiger partial charge in [0.05, 0.1) is 12.6 Å². The zero-order valence-electron chi connectivity index (χ0n) is 21.8. The Morgan fingerprint density at radius 2 is 1.79 bits per heavy atom. The third-order valence-corrected chi connectivity index (χ3v) is 9.60. The summed E-state index contributed by atoms with van der Waals surface area (Å²) in [5.74, 6) is -1.21. The average Bonchev–Trinajstić information content (AvgIpc) is 3.33. The Morgan fingerprint density at radius 3 is 2.51 bits per heavy atom. The van der Waals surface area contributed by atoms with Crippen LogP contribution < -0.4 is 10.6 Å². The van der Waals surface area contributed by atoms with Gasteiger partial charge in [0.15, 0.2) is 16.6 Å². The van der Waals surface area contributed by atoms with Crippen LogP contribution in [0.2, 0.25) is 0 Å². The van der Waals surface area contributed by atoms with E-state index in [4.69, 9.17) is 4.42 Å². The molecule has 2 aromatic heterocycles. The van der Waals surface area contributed by atoms with Gasteiger partial charge in [-0.25, -0.2) is 13.4 Å². The third kappa shape index (κ3) is 5.46. The molecule has 2 N–H and O–H groups in total. The predicted octanol–water partition coefficient (Wildman–Crippen LogP) is 3.19. The number of furan rings is 1. The highest BCUT2D eigenvalue weighted by Crippen LogP contribution is 2.31. The number of sulfonamides is 1. The first-order valence-electron chi connectivity index (χ1n) is 13.3. The number of amides is 2. The Bertz CT molecular complexity index is 1450. The lowest BCUT2D eigenvalue weighted by atomic mass is 9.80. The molecule has 1 saturated carbocycles. The molecule has 0 unspecified atom stereocenters. The number of rotatable bonds is 6. The van der Waals surface area contributed by atoms with E-state index in [-0.39, 0.29) is 23.8 Å². The fourth-order valence-corrected chi connectivity index (χ4v) is 7.02. The van der Waals surface area contributed by atoms with Gasteiger partial charge in [0.25, 0.3) is 15.9 Å². The summed E-state index contributed by atoms with van der Waals surface area (Å²) < 4.78 is 33.3. The lowest BCUT2D eigenvalue weighted by Gasteiger charge is -2.37. The minimum absolute atomic E-state index is 0.115. The van der Waals surface area contributed by atoms with Crippen LogP contribution in [0.4, 0.5) is 0 Å². The summed E-state index contributed by atoms with van der Waals surface area (Å²) in [6.07, 6.45) is 5.36. The molecule has 1 aliphatic carbocycles. The van der Waals surface area contributed by atoms with E-state index in [1.165, 1.54) is 12.3 Å². The van der Waals surface area contributed by atoms with Gasteiger partial charge in [0.2, 0.25) is 5.91 Å². The average molecular weight is 553 g/mol. The van der Waals surface area contributed by atoms with Gasteiger partial charge in [0, 0.05) is 17.6 Å². The van der Waals surface area contributed by atoms with Crippen LogP contribution in [-0.4, -0.2) is 59.5 Å². The van der Waals surface area contributed by atoms with Gasteiger partial charge in [-0.3, -0.25) is 14.4 Å². The molecule has 1 aliphatic heterocycles. The largest absolute Gasteiger partial charge is 0.451 e. The van der Waals surface area contributed by atoms with Gasteiger partial charge in [-0.1, -0.05) is 43.5 Å². The molecule has 2 fully saturated rings. The molecule has 11 heteroatoms. The van der Waals surface area contributed by atoms with Crippen molar-refractivity contribution in [3.63, 3.8) is 0 Å². The molecule has 0 spiro atoms. The minimum atomic E-state index is -3.99. The number of benzene rings is 1. The molecule has 3 heterocycles. The number of ketones is 1. The number of hydrogen-bond acceptors (Lipinski definition) is 7. The van der Waals surface area contributed by atoms with Gasteiger partial charge < -0.3 is 15.1 Å². The van der Waals surface area contributed by atoms with Crippen LogP contribution in [-0.2, 0) is 19.6 Å². The summed E-state index contributed by atoms with van der Waals surface area (Å²) in [5, 5.41) is 6.45. The number of nitrogens with zero attached hydrogens (tertiary/aromatic N) is 2. The molecule has 0 bridgehead atoms. The molecule has 10 nitrogen and oxygen atoms in total. The van der Waals surface area contributed by atoms with Gasteiger partial charge in [-0.15, -0.1) is 0 Å². The number of carbonyl (C=O) groups excluding carboxylic acids is 3. The Balaban J connectivity index is 1.33. The van der Waals surface area contributed by atoms with E-state index in [1.807, 2.05) is 18.2 Å². The van der Waals surface area contributed by atoms with E-state index in [0.717, 1.165) is 29.0 Å². The number of para-hydroxylation sites is 1. The fraction of sp³-hybridized carbons (Fsp3) is 0.429. The van der Waals surface area contributed by atoms with Crippen molar-refractivity contribution in [3.05, 3.63) is 60.5 Å². The van der Waals surface area contributed by atoms with Crippen molar-refractivity contribution >= 4 is 38.6 Å². The SMILES string of the molecule is C[C@@H]1CC[C@H](NC(=O)C2(NC(=O)c3cc4ccccc4o3)CCCCC2)C(=O)CN1S(=O)(=O)c1ccccn1. The van der Waals surface area contributed by atoms with E-state index in [1.54, 1.807) is 31.2 Å². The maximum absolute atomic E-state index is 13.7. The number of nitrogens with one attached hydrogen (secondary N) is 2. The van der Waals surface area contributed by atoms with Crippen LogP contribution >= 0.6 is 0 Å². The van der Waals surface area contributed by atoms with Crippen LogP contribution in [0.25, 0.3) is 11.0 Å². The second-order valence-corrected chi connectivity index (χ2v) is 12.2. The van der Waals surface area contributed by atoms with Gasteiger partial charge >= 0.3 is 0 Å². The van der Waals surface area contributed by atoms with Gasteiger partial charge in [0.1, 0.15) is 11.1 Å². The Labute approximate surface area is 227 Å². The lowest BCUT2D eigenvalue weighted by molar-refractivity contribution is -0.132. The quantitative estimate of drug-likeness (QED) is 0.479.